The Balaban J connectivity index is 2.69. The van der Waals surface area contributed by atoms with E-state index >= 15 is 0 Å². The van der Waals surface area contributed by atoms with Gasteiger partial charge in [-0.15, -0.1) is 0 Å². The molecule has 0 unspecified atom stereocenters. The predicted molar refractivity (Wildman–Crippen MR) is 62.2 cm³/mol. The van der Waals surface area contributed by atoms with E-state index in [0.717, 1.165) is 4.47 Å². The van der Waals surface area contributed by atoms with Crippen LogP contribution in [-0.2, 0) is 0 Å². The van der Waals surface area contributed by atoms with E-state index in [0.29, 0.717) is 0 Å². The van der Waals surface area contributed by atoms with Gasteiger partial charge in [-0.25, -0.2) is 0 Å². The molecule has 0 amide bonds. The maximum absolute atomic E-state index is 8.93. The van der Waals surface area contributed by atoms with Crippen molar-refractivity contribution in [2.75, 3.05) is 6.61 Å². The van der Waals surface area contributed by atoms with Crippen LogP contribution >= 0.6 is 15.9 Å². The van der Waals surface area contributed by atoms with Crippen molar-refractivity contribution in [3.05, 3.63) is 34.3 Å². The van der Waals surface area contributed by atoms with Crippen LogP contribution in [0.15, 0.2) is 28.7 Å². The lowest BCUT2D eigenvalue weighted by Gasteiger charge is -2.19. The minimum absolute atomic E-state index is 0.122. The lowest BCUT2D eigenvalue weighted by Crippen LogP contribution is -2.31. The molecule has 1 rings (SSSR count). The van der Waals surface area contributed by atoms with Gasteiger partial charge in [-0.3, -0.25) is 0 Å². The van der Waals surface area contributed by atoms with E-state index in [1.807, 2.05) is 25.1 Å². The van der Waals surface area contributed by atoms with Crippen LogP contribution in [0.2, 0.25) is 0 Å². The van der Waals surface area contributed by atoms with Crippen LogP contribution in [0.3, 0.4) is 0 Å². The Morgan fingerprint density at radius 2 is 2.00 bits per heavy atom. The van der Waals surface area contributed by atoms with Crippen LogP contribution in [0.5, 0.6) is 0 Å². The van der Waals surface area contributed by atoms with Gasteiger partial charge in [0.25, 0.3) is 0 Å². The molecule has 0 aliphatic heterocycles. The molecule has 0 fully saturated rings. The fourth-order valence-electron chi connectivity index (χ4n) is 1.40. The Hall–Kier alpha value is -0.380. The van der Waals surface area contributed by atoms with Gasteiger partial charge in [0.1, 0.15) is 0 Å². The quantitative estimate of drug-likeness (QED) is 0.869. The van der Waals surface area contributed by atoms with E-state index in [-0.39, 0.29) is 18.7 Å². The molecule has 14 heavy (non-hydrogen) atoms. The highest BCUT2D eigenvalue weighted by molar-refractivity contribution is 9.10. The van der Waals surface area contributed by atoms with E-state index < -0.39 is 0 Å². The van der Waals surface area contributed by atoms with Gasteiger partial charge in [0.2, 0.25) is 0 Å². The fourth-order valence-corrected chi connectivity index (χ4v) is 2.02. The lowest BCUT2D eigenvalue weighted by atomic mass is 10.1. The summed E-state index contributed by atoms with van der Waals surface area (Å²) in [4.78, 5) is 0. The van der Waals surface area contributed by atoms with Crippen molar-refractivity contribution in [3.63, 3.8) is 0 Å². The Kier molecular flexibility index (Phi) is 4.58. The van der Waals surface area contributed by atoms with E-state index in [1.54, 1.807) is 0 Å². The normalized spacial score (nSPS) is 15.1. The van der Waals surface area contributed by atoms with E-state index in [4.69, 9.17) is 5.11 Å². The van der Waals surface area contributed by atoms with Crippen molar-refractivity contribution in [1.82, 2.24) is 5.32 Å². The topological polar surface area (TPSA) is 32.3 Å². The van der Waals surface area contributed by atoms with Crippen LogP contribution in [-0.4, -0.2) is 17.8 Å². The molecule has 2 nitrogen and oxygen atoms in total. The van der Waals surface area contributed by atoms with Crippen LogP contribution < -0.4 is 5.32 Å². The molecule has 0 aromatic heterocycles. The number of rotatable bonds is 4. The molecule has 0 saturated carbocycles. The second-order valence-electron chi connectivity index (χ2n) is 3.49. The monoisotopic (exact) mass is 257 g/mol. The fraction of sp³-hybridized carbons (Fsp3) is 0.455. The molecule has 2 atom stereocenters. The van der Waals surface area contributed by atoms with Crippen LogP contribution in [0.4, 0.5) is 0 Å². The highest BCUT2D eigenvalue weighted by atomic mass is 79.9. The molecule has 3 heteroatoms. The molecule has 1 aromatic carbocycles. The number of hydrogen-bond donors (Lipinski definition) is 2. The predicted octanol–water partition coefficient (Wildman–Crippen LogP) is 2.48. The average molecular weight is 258 g/mol. The average Bonchev–Trinajstić information content (AvgIpc) is 2.18. The zero-order chi connectivity index (χ0) is 10.6. The van der Waals surface area contributed by atoms with Crippen molar-refractivity contribution in [2.24, 2.45) is 0 Å². The summed E-state index contributed by atoms with van der Waals surface area (Å²) in [6.45, 7) is 4.22. The summed E-state index contributed by atoms with van der Waals surface area (Å²) in [7, 11) is 0. The summed E-state index contributed by atoms with van der Waals surface area (Å²) >= 11 is 3.51. The molecule has 0 aliphatic carbocycles. The van der Waals surface area contributed by atoms with Crippen molar-refractivity contribution in [1.29, 1.82) is 0 Å². The molecular weight excluding hydrogens is 242 g/mol. The van der Waals surface area contributed by atoms with Gasteiger partial charge < -0.3 is 10.4 Å². The van der Waals surface area contributed by atoms with Crippen molar-refractivity contribution in [3.8, 4) is 0 Å². The number of aliphatic hydroxyl groups excluding tert-OH is 1. The summed E-state index contributed by atoms with van der Waals surface area (Å²) in [5.74, 6) is 0. The summed E-state index contributed by atoms with van der Waals surface area (Å²) in [6.07, 6.45) is 0. The number of hydrogen-bond acceptors (Lipinski definition) is 2. The van der Waals surface area contributed by atoms with Crippen molar-refractivity contribution in [2.45, 2.75) is 25.9 Å². The first kappa shape index (κ1) is 11.7. The summed E-state index contributed by atoms with van der Waals surface area (Å²) in [5.41, 5.74) is 1.22. The van der Waals surface area contributed by atoms with Gasteiger partial charge in [-0.05, 0) is 25.5 Å². The van der Waals surface area contributed by atoms with Crippen molar-refractivity contribution < 1.29 is 5.11 Å². The summed E-state index contributed by atoms with van der Waals surface area (Å²) in [5, 5.41) is 12.2. The Morgan fingerprint density at radius 3 is 2.57 bits per heavy atom. The van der Waals surface area contributed by atoms with Gasteiger partial charge in [0, 0.05) is 16.6 Å². The number of halogens is 1. The molecule has 78 valence electrons. The first-order valence-corrected chi connectivity index (χ1v) is 5.55. The molecule has 0 saturated heterocycles. The molecule has 0 heterocycles. The van der Waals surface area contributed by atoms with Crippen molar-refractivity contribution >= 4 is 15.9 Å². The molecule has 0 radical (unpaired) electrons. The SMILES string of the molecule is C[C@H](N[C@@H](C)CO)c1ccccc1Br. The van der Waals surface area contributed by atoms with E-state index in [1.165, 1.54) is 5.56 Å². The Labute approximate surface area is 93.5 Å². The van der Waals surface area contributed by atoms with Gasteiger partial charge in [0.15, 0.2) is 0 Å². The minimum atomic E-state index is 0.122. The highest BCUT2D eigenvalue weighted by Crippen LogP contribution is 2.22. The first-order chi connectivity index (χ1) is 6.65. The smallest absolute Gasteiger partial charge is 0.0582 e. The maximum atomic E-state index is 8.93. The third-order valence-electron chi connectivity index (χ3n) is 2.18. The first-order valence-electron chi connectivity index (χ1n) is 4.76. The summed E-state index contributed by atoms with van der Waals surface area (Å²) < 4.78 is 1.10. The van der Waals surface area contributed by atoms with Crippen LogP contribution in [0.25, 0.3) is 0 Å². The van der Waals surface area contributed by atoms with Crippen LogP contribution in [0, 0.1) is 0 Å². The molecule has 0 spiro atoms. The number of aliphatic hydroxyl groups is 1. The Bertz CT molecular complexity index is 290. The minimum Gasteiger partial charge on any atom is -0.395 e. The third kappa shape index (κ3) is 3.08. The zero-order valence-electron chi connectivity index (χ0n) is 8.50. The van der Waals surface area contributed by atoms with E-state index in [9.17, 15) is 0 Å². The molecule has 0 bridgehead atoms. The van der Waals surface area contributed by atoms with Crippen LogP contribution in [0.1, 0.15) is 25.5 Å². The van der Waals surface area contributed by atoms with Gasteiger partial charge in [-0.1, -0.05) is 34.1 Å². The highest BCUT2D eigenvalue weighted by Gasteiger charge is 2.10. The molecular formula is C11H16BrNO. The maximum Gasteiger partial charge on any atom is 0.0582 e. The lowest BCUT2D eigenvalue weighted by molar-refractivity contribution is 0.243. The number of nitrogens with one attached hydrogen (secondary N) is 1. The van der Waals surface area contributed by atoms with Gasteiger partial charge in [-0.2, -0.15) is 0 Å². The third-order valence-corrected chi connectivity index (χ3v) is 2.90. The molecule has 2 N–H and O–H groups in total. The van der Waals surface area contributed by atoms with E-state index in [2.05, 4.69) is 34.2 Å². The Morgan fingerprint density at radius 1 is 1.36 bits per heavy atom. The molecule has 0 aliphatic rings. The molecule has 1 aromatic rings. The van der Waals surface area contributed by atoms with Gasteiger partial charge in [0.05, 0.1) is 6.61 Å². The van der Waals surface area contributed by atoms with Gasteiger partial charge >= 0.3 is 0 Å². The zero-order valence-corrected chi connectivity index (χ0v) is 10.1. The standard InChI is InChI=1S/C11H16BrNO/c1-8(7-14)13-9(2)10-5-3-4-6-11(10)12/h3-6,8-9,13-14H,7H2,1-2H3/t8-,9-/m0/s1. The number of benzene rings is 1. The second kappa shape index (κ2) is 5.49. The largest absolute Gasteiger partial charge is 0.395 e. The second-order valence-corrected chi connectivity index (χ2v) is 4.35. The summed E-state index contributed by atoms with van der Waals surface area (Å²) in [6, 6.07) is 8.48.